The van der Waals surface area contributed by atoms with Gasteiger partial charge < -0.3 is 10.1 Å². The molecular weight excluding hydrogens is 389 g/mol. The van der Waals surface area contributed by atoms with Crippen LogP contribution in [-0.4, -0.2) is 22.1 Å². The molecule has 1 N–H and O–H groups in total. The first-order valence-electron chi connectivity index (χ1n) is 8.42. The lowest BCUT2D eigenvalue weighted by molar-refractivity contribution is -0.118. The van der Waals surface area contributed by atoms with Gasteiger partial charge in [-0.25, -0.2) is 4.98 Å². The van der Waals surface area contributed by atoms with Crippen molar-refractivity contribution in [3.8, 4) is 5.75 Å². The quantitative estimate of drug-likeness (QED) is 0.720. The summed E-state index contributed by atoms with van der Waals surface area (Å²) in [5.41, 5.74) is 1.09. The van der Waals surface area contributed by atoms with Crippen molar-refractivity contribution in [1.29, 1.82) is 0 Å². The minimum atomic E-state index is -0.350. The summed E-state index contributed by atoms with van der Waals surface area (Å²) in [6, 6.07) is 9.88. The van der Waals surface area contributed by atoms with Crippen LogP contribution in [-0.2, 0) is 17.8 Å². The molecule has 27 heavy (non-hydrogen) atoms. The van der Waals surface area contributed by atoms with Gasteiger partial charge in [-0.1, -0.05) is 23.2 Å². The summed E-state index contributed by atoms with van der Waals surface area (Å²) in [5, 5.41) is 3.93. The average molecular weight is 404 g/mol. The Morgan fingerprint density at radius 1 is 1.19 bits per heavy atom. The van der Waals surface area contributed by atoms with Gasteiger partial charge >= 0.3 is 0 Å². The fourth-order valence-corrected chi connectivity index (χ4v) is 3.37. The molecule has 138 valence electrons. The van der Waals surface area contributed by atoms with E-state index in [1.165, 1.54) is 0 Å². The van der Waals surface area contributed by atoms with Crippen LogP contribution in [0, 0.1) is 0 Å². The third kappa shape index (κ3) is 3.63. The van der Waals surface area contributed by atoms with Crippen LogP contribution in [0.15, 0.2) is 41.2 Å². The molecular formula is C19H15Cl2N3O3. The van der Waals surface area contributed by atoms with Gasteiger partial charge in [-0.05, 0) is 42.8 Å². The Hall–Kier alpha value is -2.57. The lowest BCUT2D eigenvalue weighted by Gasteiger charge is -2.10. The number of aromatic nitrogens is 2. The average Bonchev–Trinajstić information content (AvgIpc) is 3.12. The largest absolute Gasteiger partial charge is 0.484 e. The van der Waals surface area contributed by atoms with Gasteiger partial charge in [-0.2, -0.15) is 0 Å². The van der Waals surface area contributed by atoms with Crippen molar-refractivity contribution in [2.45, 2.75) is 19.4 Å². The van der Waals surface area contributed by atoms with Crippen LogP contribution in [0.4, 0.5) is 5.69 Å². The Bertz CT molecular complexity index is 1110. The molecule has 0 saturated carbocycles. The van der Waals surface area contributed by atoms with Crippen LogP contribution in [0.3, 0.4) is 0 Å². The van der Waals surface area contributed by atoms with Gasteiger partial charge in [0.25, 0.3) is 11.5 Å². The van der Waals surface area contributed by atoms with Gasteiger partial charge in [-0.3, -0.25) is 14.2 Å². The molecule has 0 spiro atoms. The maximum atomic E-state index is 12.6. The third-order valence-corrected chi connectivity index (χ3v) is 5.10. The minimum Gasteiger partial charge on any atom is -0.484 e. The number of hydrogen-bond acceptors (Lipinski definition) is 4. The van der Waals surface area contributed by atoms with E-state index in [1.54, 1.807) is 41.0 Å². The fraction of sp³-hybridized carbons (Fsp3) is 0.211. The highest BCUT2D eigenvalue weighted by Gasteiger charge is 2.16. The van der Waals surface area contributed by atoms with Crippen LogP contribution in [0.25, 0.3) is 10.9 Å². The maximum absolute atomic E-state index is 12.6. The van der Waals surface area contributed by atoms with Crippen molar-refractivity contribution in [3.05, 3.63) is 62.6 Å². The number of carbonyl (C=O) groups is 1. The molecule has 0 fully saturated rings. The zero-order chi connectivity index (χ0) is 19.0. The normalized spacial score (nSPS) is 12.8. The summed E-state index contributed by atoms with van der Waals surface area (Å²) >= 11 is 11.8. The van der Waals surface area contributed by atoms with E-state index in [0.717, 1.165) is 18.7 Å². The highest BCUT2D eigenvalue weighted by atomic mass is 35.5. The van der Waals surface area contributed by atoms with Crippen molar-refractivity contribution in [2.24, 2.45) is 0 Å². The molecule has 0 saturated heterocycles. The van der Waals surface area contributed by atoms with Crippen LogP contribution in [0.5, 0.6) is 5.75 Å². The van der Waals surface area contributed by atoms with E-state index in [2.05, 4.69) is 10.3 Å². The zero-order valence-electron chi connectivity index (χ0n) is 14.2. The SMILES string of the molecule is O=C(COc1ccc2nc3n(c(=O)c2c1)CCC3)Nc1ccc(Cl)c(Cl)c1. The number of nitrogens with one attached hydrogen (secondary N) is 1. The van der Waals surface area contributed by atoms with Crippen molar-refractivity contribution in [3.63, 3.8) is 0 Å². The summed E-state index contributed by atoms with van der Waals surface area (Å²) in [5.74, 6) is 0.906. The van der Waals surface area contributed by atoms with E-state index in [9.17, 15) is 9.59 Å². The topological polar surface area (TPSA) is 73.2 Å². The lowest BCUT2D eigenvalue weighted by Crippen LogP contribution is -2.22. The standard InChI is InChI=1S/C19H15Cl2N3O3/c20-14-5-3-11(8-15(14)21)22-18(25)10-27-12-4-6-16-13(9-12)19(26)24-7-1-2-17(24)23-16/h3-6,8-9H,1-2,7,10H2,(H,22,25). The number of anilines is 1. The van der Waals surface area contributed by atoms with E-state index in [-0.39, 0.29) is 18.1 Å². The van der Waals surface area contributed by atoms with Crippen LogP contribution < -0.4 is 15.6 Å². The van der Waals surface area contributed by atoms with Gasteiger partial charge in [0.05, 0.1) is 20.9 Å². The predicted octanol–water partition coefficient (Wildman–Crippen LogP) is 3.67. The molecule has 3 aromatic rings. The predicted molar refractivity (Wildman–Crippen MR) is 105 cm³/mol. The van der Waals surface area contributed by atoms with Gasteiger partial charge in [-0.15, -0.1) is 0 Å². The second kappa shape index (κ2) is 7.21. The first kappa shape index (κ1) is 17.8. The third-order valence-electron chi connectivity index (χ3n) is 4.36. The molecule has 4 rings (SSSR count). The molecule has 8 heteroatoms. The molecule has 1 aromatic heterocycles. The van der Waals surface area contributed by atoms with Gasteiger partial charge in [0, 0.05) is 18.7 Å². The molecule has 2 aromatic carbocycles. The molecule has 0 radical (unpaired) electrons. The van der Waals surface area contributed by atoms with E-state index in [4.69, 9.17) is 27.9 Å². The number of nitrogens with zero attached hydrogens (tertiary/aromatic N) is 2. The van der Waals surface area contributed by atoms with Crippen molar-refractivity contribution in [1.82, 2.24) is 9.55 Å². The smallest absolute Gasteiger partial charge is 0.262 e. The molecule has 0 aliphatic carbocycles. The first-order chi connectivity index (χ1) is 13.0. The van der Waals surface area contributed by atoms with E-state index in [1.807, 2.05) is 0 Å². The number of amides is 1. The second-order valence-electron chi connectivity index (χ2n) is 6.23. The van der Waals surface area contributed by atoms with Gasteiger partial charge in [0.15, 0.2) is 6.61 Å². The van der Waals surface area contributed by atoms with Crippen LogP contribution >= 0.6 is 23.2 Å². The van der Waals surface area contributed by atoms with Gasteiger partial charge in [0.2, 0.25) is 0 Å². The number of carbonyl (C=O) groups excluding carboxylic acids is 1. The summed E-state index contributed by atoms with van der Waals surface area (Å²) in [6.45, 7) is 0.486. The zero-order valence-corrected chi connectivity index (χ0v) is 15.7. The van der Waals surface area contributed by atoms with E-state index < -0.39 is 0 Å². The summed E-state index contributed by atoms with van der Waals surface area (Å²) in [4.78, 5) is 29.2. The number of benzene rings is 2. The monoisotopic (exact) mass is 403 g/mol. The molecule has 0 atom stereocenters. The van der Waals surface area contributed by atoms with E-state index >= 15 is 0 Å². The fourth-order valence-electron chi connectivity index (χ4n) is 3.07. The summed E-state index contributed by atoms with van der Waals surface area (Å²) in [6.07, 6.45) is 1.75. The summed E-state index contributed by atoms with van der Waals surface area (Å²) < 4.78 is 7.23. The molecule has 1 aliphatic heterocycles. The minimum absolute atomic E-state index is 0.0711. The molecule has 2 heterocycles. The van der Waals surface area contributed by atoms with Gasteiger partial charge in [0.1, 0.15) is 11.6 Å². The molecule has 0 bridgehead atoms. The van der Waals surface area contributed by atoms with Crippen molar-refractivity contribution >= 4 is 45.7 Å². The highest BCUT2D eigenvalue weighted by molar-refractivity contribution is 6.42. The van der Waals surface area contributed by atoms with Crippen molar-refractivity contribution in [2.75, 3.05) is 11.9 Å². The Morgan fingerprint density at radius 3 is 2.85 bits per heavy atom. The number of aryl methyl sites for hydroxylation is 1. The Kier molecular flexibility index (Phi) is 4.76. The van der Waals surface area contributed by atoms with Crippen LogP contribution in [0.1, 0.15) is 12.2 Å². The Morgan fingerprint density at radius 2 is 2.04 bits per heavy atom. The number of fused-ring (bicyclic) bond motifs is 2. The number of rotatable bonds is 4. The Labute approximate surface area is 164 Å². The molecule has 6 nitrogen and oxygen atoms in total. The maximum Gasteiger partial charge on any atom is 0.262 e. The molecule has 0 unspecified atom stereocenters. The van der Waals surface area contributed by atoms with E-state index in [0.29, 0.717) is 38.9 Å². The lowest BCUT2D eigenvalue weighted by atomic mass is 10.2. The van der Waals surface area contributed by atoms with Crippen molar-refractivity contribution < 1.29 is 9.53 Å². The number of hydrogen-bond donors (Lipinski definition) is 1. The number of halogens is 2. The number of ether oxygens (including phenoxy) is 1. The molecule has 1 amide bonds. The Balaban J connectivity index is 1.48. The second-order valence-corrected chi connectivity index (χ2v) is 7.05. The first-order valence-corrected chi connectivity index (χ1v) is 9.18. The highest BCUT2D eigenvalue weighted by Crippen LogP contribution is 2.25. The molecule has 1 aliphatic rings. The van der Waals surface area contributed by atoms with Crippen LogP contribution in [0.2, 0.25) is 10.0 Å². The summed E-state index contributed by atoms with van der Waals surface area (Å²) in [7, 11) is 0.